The summed E-state index contributed by atoms with van der Waals surface area (Å²) in [6.07, 6.45) is 3.53. The maximum atomic E-state index is 12.8. The van der Waals surface area contributed by atoms with E-state index < -0.39 is 4.92 Å². The molecule has 0 spiro atoms. The van der Waals surface area contributed by atoms with Crippen molar-refractivity contribution in [2.75, 3.05) is 13.1 Å². The van der Waals surface area contributed by atoms with E-state index in [1.54, 1.807) is 24.0 Å². The molecule has 1 fully saturated rings. The molecule has 0 saturated carbocycles. The van der Waals surface area contributed by atoms with Crippen LogP contribution in [0, 0.1) is 17.0 Å². The van der Waals surface area contributed by atoms with Crippen LogP contribution in [-0.2, 0) is 0 Å². The fourth-order valence-corrected chi connectivity index (χ4v) is 3.60. The third-order valence-corrected chi connectivity index (χ3v) is 5.14. The molecule has 1 amide bonds. The van der Waals surface area contributed by atoms with Gasteiger partial charge in [-0.2, -0.15) is 0 Å². The Kier molecular flexibility index (Phi) is 4.31. The molecular weight excluding hydrogens is 346 g/mol. The Bertz CT molecular complexity index is 1020. The summed E-state index contributed by atoms with van der Waals surface area (Å²) in [5.41, 5.74) is 1.70. The van der Waals surface area contributed by atoms with Gasteiger partial charge in [0.15, 0.2) is 5.65 Å². The molecule has 1 aliphatic rings. The fourth-order valence-electron chi connectivity index (χ4n) is 3.60. The normalized spacial score (nSPS) is 15.2. The van der Waals surface area contributed by atoms with Crippen molar-refractivity contribution in [2.24, 2.45) is 0 Å². The lowest BCUT2D eigenvalue weighted by Crippen LogP contribution is -2.38. The molecular formula is C19H19N5O3. The highest BCUT2D eigenvalue weighted by Crippen LogP contribution is 2.28. The van der Waals surface area contributed by atoms with Crippen molar-refractivity contribution >= 4 is 17.2 Å². The van der Waals surface area contributed by atoms with Crippen LogP contribution < -0.4 is 0 Å². The Morgan fingerprint density at radius 2 is 1.96 bits per heavy atom. The minimum Gasteiger partial charge on any atom is -0.339 e. The number of benzene rings is 1. The molecule has 3 aromatic rings. The molecule has 1 aliphatic heterocycles. The van der Waals surface area contributed by atoms with Gasteiger partial charge in [-0.05, 0) is 38.0 Å². The average molecular weight is 365 g/mol. The van der Waals surface area contributed by atoms with Crippen LogP contribution in [0.15, 0.2) is 42.6 Å². The lowest BCUT2D eigenvalue weighted by atomic mass is 9.95. The van der Waals surface area contributed by atoms with E-state index in [1.807, 2.05) is 28.8 Å². The van der Waals surface area contributed by atoms with Crippen LogP contribution in [0.3, 0.4) is 0 Å². The first-order valence-electron chi connectivity index (χ1n) is 8.88. The van der Waals surface area contributed by atoms with Gasteiger partial charge in [0, 0.05) is 42.4 Å². The number of nitro groups is 1. The second-order valence-corrected chi connectivity index (χ2v) is 6.81. The molecule has 8 heteroatoms. The highest BCUT2D eigenvalue weighted by molar-refractivity contribution is 5.95. The van der Waals surface area contributed by atoms with Gasteiger partial charge in [0.1, 0.15) is 5.82 Å². The molecule has 27 heavy (non-hydrogen) atoms. The first-order chi connectivity index (χ1) is 13.0. The molecule has 0 unspecified atom stereocenters. The zero-order valence-electron chi connectivity index (χ0n) is 14.9. The fraction of sp³-hybridized carbons (Fsp3) is 0.316. The van der Waals surface area contributed by atoms with Crippen LogP contribution in [0.1, 0.15) is 40.5 Å². The minimum atomic E-state index is -0.450. The van der Waals surface area contributed by atoms with Crippen molar-refractivity contribution in [3.63, 3.8) is 0 Å². The first kappa shape index (κ1) is 17.1. The van der Waals surface area contributed by atoms with Crippen LogP contribution in [0.4, 0.5) is 5.69 Å². The number of aryl methyl sites for hydroxylation is 1. The predicted molar refractivity (Wildman–Crippen MR) is 98.7 cm³/mol. The van der Waals surface area contributed by atoms with E-state index in [9.17, 15) is 14.9 Å². The van der Waals surface area contributed by atoms with Crippen LogP contribution in [-0.4, -0.2) is 43.4 Å². The molecule has 1 saturated heterocycles. The number of hydrogen-bond donors (Lipinski definition) is 0. The summed E-state index contributed by atoms with van der Waals surface area (Å²) in [5.74, 6) is 0.991. The van der Waals surface area contributed by atoms with Crippen molar-refractivity contribution in [2.45, 2.75) is 25.7 Å². The Morgan fingerprint density at radius 1 is 1.19 bits per heavy atom. The summed E-state index contributed by atoms with van der Waals surface area (Å²) in [7, 11) is 0. The van der Waals surface area contributed by atoms with E-state index in [1.165, 1.54) is 6.07 Å². The molecule has 1 aromatic carbocycles. The number of fused-ring (bicyclic) bond motifs is 1. The van der Waals surface area contributed by atoms with Crippen molar-refractivity contribution in [3.8, 4) is 0 Å². The highest BCUT2D eigenvalue weighted by atomic mass is 16.6. The smallest absolute Gasteiger partial charge is 0.273 e. The standard InChI is InChI=1S/C19H19N5O3/c1-13-5-6-15(12-16(13)24(26)27)19(25)22-10-7-14(8-11-22)18-21-20-17-4-2-3-9-23(17)18/h2-6,9,12,14H,7-8,10-11H2,1H3. The predicted octanol–water partition coefficient (Wildman–Crippen LogP) is 2.97. The van der Waals surface area contributed by atoms with E-state index in [0.717, 1.165) is 24.3 Å². The summed E-state index contributed by atoms with van der Waals surface area (Å²) in [4.78, 5) is 25.2. The number of amides is 1. The van der Waals surface area contributed by atoms with Crippen LogP contribution in [0.25, 0.3) is 5.65 Å². The SMILES string of the molecule is Cc1ccc(C(=O)N2CCC(c3nnc4ccccn34)CC2)cc1[N+](=O)[O-]. The van der Waals surface area contributed by atoms with E-state index in [4.69, 9.17) is 0 Å². The summed E-state index contributed by atoms with van der Waals surface area (Å²) in [6.45, 7) is 2.85. The number of carbonyl (C=O) groups is 1. The van der Waals surface area contributed by atoms with Crippen molar-refractivity contribution in [3.05, 3.63) is 69.7 Å². The van der Waals surface area contributed by atoms with Gasteiger partial charge in [0.2, 0.25) is 0 Å². The third kappa shape index (κ3) is 3.14. The molecule has 138 valence electrons. The number of nitro benzene ring substituents is 1. The Morgan fingerprint density at radius 3 is 2.70 bits per heavy atom. The van der Waals surface area contributed by atoms with Gasteiger partial charge in [-0.3, -0.25) is 19.3 Å². The van der Waals surface area contributed by atoms with E-state index in [2.05, 4.69) is 10.2 Å². The maximum absolute atomic E-state index is 12.8. The molecule has 4 rings (SSSR count). The van der Waals surface area contributed by atoms with Gasteiger partial charge in [-0.1, -0.05) is 12.1 Å². The molecule has 0 atom stereocenters. The largest absolute Gasteiger partial charge is 0.339 e. The van der Waals surface area contributed by atoms with Gasteiger partial charge in [-0.15, -0.1) is 10.2 Å². The second kappa shape index (κ2) is 6.79. The third-order valence-electron chi connectivity index (χ3n) is 5.14. The number of hydrogen-bond acceptors (Lipinski definition) is 5. The van der Waals surface area contributed by atoms with Gasteiger partial charge < -0.3 is 4.90 Å². The zero-order valence-corrected chi connectivity index (χ0v) is 14.9. The quantitative estimate of drug-likeness (QED) is 0.525. The lowest BCUT2D eigenvalue weighted by molar-refractivity contribution is -0.385. The summed E-state index contributed by atoms with van der Waals surface area (Å²) in [5, 5.41) is 19.6. The summed E-state index contributed by atoms with van der Waals surface area (Å²) < 4.78 is 1.99. The summed E-state index contributed by atoms with van der Waals surface area (Å²) in [6, 6.07) is 10.4. The minimum absolute atomic E-state index is 0.0225. The van der Waals surface area contributed by atoms with Crippen molar-refractivity contribution in [1.29, 1.82) is 0 Å². The number of likely N-dealkylation sites (tertiary alicyclic amines) is 1. The van der Waals surface area contributed by atoms with Crippen LogP contribution in [0.2, 0.25) is 0 Å². The van der Waals surface area contributed by atoms with Gasteiger partial charge in [-0.25, -0.2) is 0 Å². The molecule has 0 aliphatic carbocycles. The zero-order chi connectivity index (χ0) is 19.0. The second-order valence-electron chi connectivity index (χ2n) is 6.81. The number of rotatable bonds is 3. The maximum Gasteiger partial charge on any atom is 0.273 e. The molecule has 0 radical (unpaired) electrons. The van der Waals surface area contributed by atoms with E-state index in [-0.39, 0.29) is 17.5 Å². The average Bonchev–Trinajstić information content (AvgIpc) is 3.12. The molecule has 3 heterocycles. The Balaban J connectivity index is 1.48. The lowest BCUT2D eigenvalue weighted by Gasteiger charge is -2.31. The van der Waals surface area contributed by atoms with E-state index in [0.29, 0.717) is 24.2 Å². The number of pyridine rings is 1. The van der Waals surface area contributed by atoms with Crippen LogP contribution >= 0.6 is 0 Å². The Labute approximate surface area is 155 Å². The summed E-state index contributed by atoms with van der Waals surface area (Å²) >= 11 is 0. The monoisotopic (exact) mass is 365 g/mol. The molecule has 8 nitrogen and oxygen atoms in total. The van der Waals surface area contributed by atoms with Gasteiger partial charge >= 0.3 is 0 Å². The molecule has 0 bridgehead atoms. The van der Waals surface area contributed by atoms with Gasteiger partial charge in [0.25, 0.3) is 11.6 Å². The number of carbonyl (C=O) groups excluding carboxylic acids is 1. The highest BCUT2D eigenvalue weighted by Gasteiger charge is 2.28. The van der Waals surface area contributed by atoms with Crippen molar-refractivity contribution < 1.29 is 9.72 Å². The first-order valence-corrected chi connectivity index (χ1v) is 8.88. The topological polar surface area (TPSA) is 93.6 Å². The van der Waals surface area contributed by atoms with Crippen molar-refractivity contribution in [1.82, 2.24) is 19.5 Å². The number of piperidine rings is 1. The van der Waals surface area contributed by atoms with Crippen LogP contribution in [0.5, 0.6) is 0 Å². The molecule has 2 aromatic heterocycles. The Hall–Kier alpha value is -3.29. The number of nitrogens with zero attached hydrogens (tertiary/aromatic N) is 5. The molecule has 0 N–H and O–H groups in total. The number of aromatic nitrogens is 3. The van der Waals surface area contributed by atoms with E-state index >= 15 is 0 Å². The van der Waals surface area contributed by atoms with Gasteiger partial charge in [0.05, 0.1) is 4.92 Å².